The van der Waals surface area contributed by atoms with Gasteiger partial charge in [0, 0.05) is 6.04 Å². The molecule has 0 bridgehead atoms. The second-order valence-corrected chi connectivity index (χ2v) is 5.61. The maximum absolute atomic E-state index is 6.22. The molecule has 2 atom stereocenters. The topological polar surface area (TPSA) is 35.2 Å². The predicted molar refractivity (Wildman–Crippen MR) is 82.9 cm³/mol. The Balaban J connectivity index is 2.57. The molecule has 1 aromatic carbocycles. The number of hydrogen-bond acceptors (Lipinski definition) is 2. The van der Waals surface area contributed by atoms with E-state index in [-0.39, 0.29) is 6.04 Å². The number of hydrogen-bond donors (Lipinski definition) is 1. The van der Waals surface area contributed by atoms with Crippen molar-refractivity contribution in [2.45, 2.75) is 52.5 Å². The van der Waals surface area contributed by atoms with Crippen LogP contribution < -0.4 is 10.5 Å². The van der Waals surface area contributed by atoms with Crippen molar-refractivity contribution in [2.75, 3.05) is 6.61 Å². The van der Waals surface area contributed by atoms with Crippen molar-refractivity contribution in [1.82, 2.24) is 0 Å². The smallest absolute Gasteiger partial charge is 0.137 e. The van der Waals surface area contributed by atoms with Crippen molar-refractivity contribution < 1.29 is 4.74 Å². The Hall–Kier alpha value is -0.730. The van der Waals surface area contributed by atoms with Gasteiger partial charge in [0.05, 0.1) is 11.6 Å². The maximum atomic E-state index is 6.22. The van der Waals surface area contributed by atoms with Crippen molar-refractivity contribution >= 4 is 11.6 Å². The summed E-state index contributed by atoms with van der Waals surface area (Å²) in [5, 5.41) is 0.653. The van der Waals surface area contributed by atoms with E-state index in [4.69, 9.17) is 22.1 Å². The Morgan fingerprint density at radius 1 is 1.32 bits per heavy atom. The minimum atomic E-state index is -0.000468. The van der Waals surface area contributed by atoms with Gasteiger partial charge in [-0.3, -0.25) is 0 Å². The SMILES string of the molecule is CCCCC(CC)COc1ccc(C(C)N)cc1Cl. The molecular formula is C16H26ClNO. The molecule has 19 heavy (non-hydrogen) atoms. The van der Waals surface area contributed by atoms with Gasteiger partial charge in [-0.05, 0) is 37.0 Å². The molecule has 1 rings (SSSR count). The van der Waals surface area contributed by atoms with Gasteiger partial charge in [-0.2, -0.15) is 0 Å². The van der Waals surface area contributed by atoms with Crippen LogP contribution in [0.25, 0.3) is 0 Å². The lowest BCUT2D eigenvalue weighted by Crippen LogP contribution is -2.12. The van der Waals surface area contributed by atoms with E-state index in [2.05, 4.69) is 13.8 Å². The van der Waals surface area contributed by atoms with E-state index in [0.717, 1.165) is 24.3 Å². The second kappa shape index (κ2) is 8.44. The van der Waals surface area contributed by atoms with Gasteiger partial charge in [0.25, 0.3) is 0 Å². The number of nitrogens with two attached hydrogens (primary N) is 1. The van der Waals surface area contributed by atoms with Crippen molar-refractivity contribution in [1.29, 1.82) is 0 Å². The van der Waals surface area contributed by atoms with E-state index in [9.17, 15) is 0 Å². The highest BCUT2D eigenvalue weighted by Gasteiger charge is 2.10. The molecule has 2 N–H and O–H groups in total. The van der Waals surface area contributed by atoms with Crippen LogP contribution in [0.15, 0.2) is 18.2 Å². The van der Waals surface area contributed by atoms with Crippen LogP contribution in [0.1, 0.15) is 58.1 Å². The molecule has 0 radical (unpaired) electrons. The van der Waals surface area contributed by atoms with Crippen LogP contribution in [0.4, 0.5) is 0 Å². The summed E-state index contributed by atoms with van der Waals surface area (Å²) in [5.41, 5.74) is 6.87. The van der Waals surface area contributed by atoms with Crippen molar-refractivity contribution in [3.8, 4) is 5.75 Å². The average Bonchev–Trinajstić information content (AvgIpc) is 2.40. The van der Waals surface area contributed by atoms with E-state index in [1.807, 2.05) is 25.1 Å². The van der Waals surface area contributed by atoms with E-state index in [1.54, 1.807) is 0 Å². The molecule has 0 amide bonds. The van der Waals surface area contributed by atoms with Crippen LogP contribution in [0, 0.1) is 5.92 Å². The number of rotatable bonds is 8. The van der Waals surface area contributed by atoms with Gasteiger partial charge in [0.2, 0.25) is 0 Å². The highest BCUT2D eigenvalue weighted by atomic mass is 35.5. The van der Waals surface area contributed by atoms with Gasteiger partial charge >= 0.3 is 0 Å². The average molecular weight is 284 g/mol. The first-order valence-corrected chi connectivity index (χ1v) is 7.64. The molecule has 0 spiro atoms. The highest BCUT2D eigenvalue weighted by Crippen LogP contribution is 2.28. The number of unbranched alkanes of at least 4 members (excludes halogenated alkanes) is 1. The quantitative estimate of drug-likeness (QED) is 0.732. The number of halogens is 1. The largest absolute Gasteiger partial charge is 0.492 e. The van der Waals surface area contributed by atoms with Crippen LogP contribution in [0.2, 0.25) is 5.02 Å². The van der Waals surface area contributed by atoms with E-state index < -0.39 is 0 Å². The minimum absolute atomic E-state index is 0.000468. The fourth-order valence-electron chi connectivity index (χ4n) is 2.02. The molecule has 0 heterocycles. The Kier molecular flexibility index (Phi) is 7.25. The molecule has 1 aromatic rings. The molecule has 0 aromatic heterocycles. The molecule has 3 heteroatoms. The number of benzene rings is 1. The van der Waals surface area contributed by atoms with Gasteiger partial charge in [-0.25, -0.2) is 0 Å². The Morgan fingerprint density at radius 2 is 2.05 bits per heavy atom. The van der Waals surface area contributed by atoms with Crippen LogP contribution in [0.3, 0.4) is 0 Å². The van der Waals surface area contributed by atoms with Gasteiger partial charge in [-0.15, -0.1) is 0 Å². The van der Waals surface area contributed by atoms with Crippen molar-refractivity contribution in [3.63, 3.8) is 0 Å². The van der Waals surface area contributed by atoms with E-state index in [0.29, 0.717) is 10.9 Å². The second-order valence-electron chi connectivity index (χ2n) is 5.21. The predicted octanol–water partition coefficient (Wildman–Crippen LogP) is 4.95. The van der Waals surface area contributed by atoms with Gasteiger partial charge < -0.3 is 10.5 Å². The molecule has 0 fully saturated rings. The summed E-state index contributed by atoms with van der Waals surface area (Å²) in [6.07, 6.45) is 4.87. The van der Waals surface area contributed by atoms with Gasteiger partial charge in [0.15, 0.2) is 0 Å². The first kappa shape index (κ1) is 16.3. The zero-order chi connectivity index (χ0) is 14.3. The molecule has 0 aliphatic rings. The first-order chi connectivity index (χ1) is 9.08. The zero-order valence-electron chi connectivity index (χ0n) is 12.3. The standard InChI is InChI=1S/C16H26ClNO/c1-4-6-7-13(5-2)11-19-16-9-8-14(12(3)18)10-15(16)17/h8-10,12-13H,4-7,11,18H2,1-3H3. The molecule has 2 nitrogen and oxygen atoms in total. The lowest BCUT2D eigenvalue weighted by Gasteiger charge is -2.17. The maximum Gasteiger partial charge on any atom is 0.137 e. The zero-order valence-corrected chi connectivity index (χ0v) is 13.0. The monoisotopic (exact) mass is 283 g/mol. The summed E-state index contributed by atoms with van der Waals surface area (Å²) in [6, 6.07) is 5.81. The van der Waals surface area contributed by atoms with Crippen LogP contribution in [0.5, 0.6) is 5.75 Å². The molecule has 108 valence electrons. The molecule has 0 aliphatic heterocycles. The summed E-state index contributed by atoms with van der Waals surface area (Å²) in [5.74, 6) is 1.38. The normalized spacial score (nSPS) is 14.2. The van der Waals surface area contributed by atoms with E-state index >= 15 is 0 Å². The fourth-order valence-corrected chi connectivity index (χ4v) is 2.27. The summed E-state index contributed by atoms with van der Waals surface area (Å²) >= 11 is 6.22. The third-order valence-electron chi connectivity index (χ3n) is 3.50. The first-order valence-electron chi connectivity index (χ1n) is 7.26. The Labute approximate surface area is 122 Å². The summed E-state index contributed by atoms with van der Waals surface area (Å²) in [4.78, 5) is 0. The lowest BCUT2D eigenvalue weighted by atomic mass is 10.0. The minimum Gasteiger partial charge on any atom is -0.492 e. The third-order valence-corrected chi connectivity index (χ3v) is 3.79. The summed E-state index contributed by atoms with van der Waals surface area (Å²) in [6.45, 7) is 7.12. The van der Waals surface area contributed by atoms with Crippen molar-refractivity contribution in [2.24, 2.45) is 11.7 Å². The van der Waals surface area contributed by atoms with Crippen LogP contribution in [-0.2, 0) is 0 Å². The van der Waals surface area contributed by atoms with Crippen LogP contribution >= 0.6 is 11.6 Å². The Morgan fingerprint density at radius 3 is 2.58 bits per heavy atom. The molecular weight excluding hydrogens is 258 g/mol. The summed E-state index contributed by atoms with van der Waals surface area (Å²) in [7, 11) is 0. The number of ether oxygens (including phenoxy) is 1. The molecule has 0 saturated heterocycles. The van der Waals surface area contributed by atoms with Gasteiger partial charge in [0.1, 0.15) is 5.75 Å². The molecule has 0 aliphatic carbocycles. The summed E-state index contributed by atoms with van der Waals surface area (Å²) < 4.78 is 5.85. The lowest BCUT2D eigenvalue weighted by molar-refractivity contribution is 0.233. The molecule has 2 unspecified atom stereocenters. The van der Waals surface area contributed by atoms with Crippen LogP contribution in [-0.4, -0.2) is 6.61 Å². The fraction of sp³-hybridized carbons (Fsp3) is 0.625. The van der Waals surface area contributed by atoms with Crippen molar-refractivity contribution in [3.05, 3.63) is 28.8 Å². The Bertz CT molecular complexity index is 379. The van der Waals surface area contributed by atoms with E-state index in [1.165, 1.54) is 19.3 Å². The highest BCUT2D eigenvalue weighted by molar-refractivity contribution is 6.32. The molecule has 0 saturated carbocycles. The third kappa shape index (κ3) is 5.42. The van der Waals surface area contributed by atoms with Gasteiger partial charge in [-0.1, -0.05) is 50.8 Å².